The van der Waals surface area contributed by atoms with E-state index in [1.165, 1.54) is 5.56 Å². The molecule has 10 heavy (non-hydrogen) atoms. The van der Waals surface area contributed by atoms with Gasteiger partial charge in [-0.2, -0.15) is 0 Å². The van der Waals surface area contributed by atoms with Crippen molar-refractivity contribution in [2.75, 3.05) is 5.32 Å². The number of rotatable bonds is 0. The lowest BCUT2D eigenvalue weighted by Gasteiger charge is -1.97. The molecule has 0 aromatic carbocycles. The standard InChI is InChI=1S/C7H7BrN2/c8-6-4-5-2-1-3-9-7(5)10-6/h1-3,6H,4H2,(H,9,10). The Morgan fingerprint density at radius 1 is 1.70 bits per heavy atom. The maximum atomic E-state index is 4.17. The van der Waals surface area contributed by atoms with Gasteiger partial charge in [0.15, 0.2) is 0 Å². The molecule has 2 rings (SSSR count). The Morgan fingerprint density at radius 3 is 3.40 bits per heavy atom. The Bertz CT molecular complexity index is 224. The van der Waals surface area contributed by atoms with Crippen molar-refractivity contribution in [2.24, 2.45) is 0 Å². The van der Waals surface area contributed by atoms with Crippen LogP contribution in [-0.2, 0) is 6.42 Å². The molecule has 1 atom stereocenters. The zero-order chi connectivity index (χ0) is 6.97. The van der Waals surface area contributed by atoms with Gasteiger partial charge in [-0.3, -0.25) is 0 Å². The number of nitrogens with zero attached hydrogens (tertiary/aromatic N) is 1. The van der Waals surface area contributed by atoms with Gasteiger partial charge < -0.3 is 5.32 Å². The third-order valence-corrected chi connectivity index (χ3v) is 2.14. The number of alkyl halides is 1. The van der Waals surface area contributed by atoms with Gasteiger partial charge in [0.25, 0.3) is 0 Å². The van der Waals surface area contributed by atoms with Crippen LogP contribution >= 0.6 is 15.9 Å². The fraction of sp³-hybridized carbons (Fsp3) is 0.286. The van der Waals surface area contributed by atoms with Gasteiger partial charge in [-0.05, 0) is 11.6 Å². The molecule has 0 bridgehead atoms. The van der Waals surface area contributed by atoms with E-state index in [4.69, 9.17) is 0 Å². The van der Waals surface area contributed by atoms with E-state index in [1.54, 1.807) is 6.20 Å². The minimum absolute atomic E-state index is 0.373. The number of hydrogen-bond donors (Lipinski definition) is 1. The molecule has 1 aromatic heterocycles. The van der Waals surface area contributed by atoms with Gasteiger partial charge in [-0.25, -0.2) is 4.98 Å². The quantitative estimate of drug-likeness (QED) is 0.508. The monoisotopic (exact) mass is 198 g/mol. The molecule has 0 fully saturated rings. The average Bonchev–Trinajstić information content (AvgIpc) is 2.27. The number of aromatic nitrogens is 1. The van der Waals surface area contributed by atoms with Gasteiger partial charge in [0.1, 0.15) is 5.82 Å². The van der Waals surface area contributed by atoms with Crippen LogP contribution in [-0.4, -0.2) is 9.94 Å². The highest BCUT2D eigenvalue weighted by Crippen LogP contribution is 2.24. The highest BCUT2D eigenvalue weighted by atomic mass is 79.9. The van der Waals surface area contributed by atoms with Crippen LogP contribution in [0.4, 0.5) is 5.82 Å². The first-order valence-electron chi connectivity index (χ1n) is 3.21. The molecule has 0 amide bonds. The summed E-state index contributed by atoms with van der Waals surface area (Å²) in [6.45, 7) is 0. The highest BCUT2D eigenvalue weighted by Gasteiger charge is 2.17. The van der Waals surface area contributed by atoms with E-state index in [0.29, 0.717) is 4.95 Å². The second-order valence-electron chi connectivity index (χ2n) is 2.33. The summed E-state index contributed by atoms with van der Waals surface area (Å²) in [4.78, 5) is 4.54. The predicted molar refractivity (Wildman–Crippen MR) is 44.3 cm³/mol. The number of hydrogen-bond acceptors (Lipinski definition) is 2. The largest absolute Gasteiger partial charge is 0.357 e. The first-order chi connectivity index (χ1) is 4.86. The molecule has 0 aliphatic carbocycles. The lowest BCUT2D eigenvalue weighted by atomic mass is 10.2. The van der Waals surface area contributed by atoms with Crippen LogP contribution in [0.15, 0.2) is 18.3 Å². The van der Waals surface area contributed by atoms with Crippen LogP contribution in [0.25, 0.3) is 0 Å². The number of fused-ring (bicyclic) bond motifs is 1. The third kappa shape index (κ3) is 0.904. The number of halogens is 1. The molecule has 1 N–H and O–H groups in total. The molecule has 3 heteroatoms. The van der Waals surface area contributed by atoms with Crippen molar-refractivity contribution in [1.82, 2.24) is 4.98 Å². The Hall–Kier alpha value is -0.570. The summed E-state index contributed by atoms with van der Waals surface area (Å²) < 4.78 is 0. The van der Waals surface area contributed by atoms with Crippen molar-refractivity contribution in [3.05, 3.63) is 23.9 Å². The van der Waals surface area contributed by atoms with Gasteiger partial charge in [0.2, 0.25) is 0 Å². The number of pyridine rings is 1. The molecule has 1 aliphatic heterocycles. The predicted octanol–water partition coefficient (Wildman–Crippen LogP) is 1.77. The van der Waals surface area contributed by atoms with Crippen molar-refractivity contribution < 1.29 is 0 Å². The van der Waals surface area contributed by atoms with E-state index in [0.717, 1.165) is 12.2 Å². The second-order valence-corrected chi connectivity index (χ2v) is 3.43. The van der Waals surface area contributed by atoms with Crippen LogP contribution in [0.3, 0.4) is 0 Å². The van der Waals surface area contributed by atoms with Crippen molar-refractivity contribution in [2.45, 2.75) is 11.4 Å². The van der Waals surface area contributed by atoms with E-state index < -0.39 is 0 Å². The lowest BCUT2D eigenvalue weighted by molar-refractivity contribution is 1.05. The van der Waals surface area contributed by atoms with Crippen molar-refractivity contribution in [3.8, 4) is 0 Å². The molecule has 0 spiro atoms. The van der Waals surface area contributed by atoms with Crippen LogP contribution < -0.4 is 5.32 Å². The normalized spacial score (nSPS) is 21.9. The van der Waals surface area contributed by atoms with Gasteiger partial charge in [0.05, 0.1) is 4.95 Å². The van der Waals surface area contributed by atoms with Gasteiger partial charge in [-0.15, -0.1) is 0 Å². The third-order valence-electron chi connectivity index (χ3n) is 1.58. The first-order valence-corrected chi connectivity index (χ1v) is 4.12. The maximum Gasteiger partial charge on any atom is 0.130 e. The van der Waals surface area contributed by atoms with Gasteiger partial charge in [-0.1, -0.05) is 22.0 Å². The van der Waals surface area contributed by atoms with Crippen LogP contribution in [0.5, 0.6) is 0 Å². The number of anilines is 1. The molecule has 0 saturated heterocycles. The highest BCUT2D eigenvalue weighted by molar-refractivity contribution is 9.09. The summed E-state index contributed by atoms with van der Waals surface area (Å²) in [5.74, 6) is 1.02. The molecular weight excluding hydrogens is 192 g/mol. The van der Waals surface area contributed by atoms with Crippen LogP contribution in [0, 0.1) is 0 Å². The molecule has 0 radical (unpaired) electrons. The molecular formula is C7H7BrN2. The fourth-order valence-electron chi connectivity index (χ4n) is 1.13. The van der Waals surface area contributed by atoms with E-state index in [2.05, 4.69) is 32.3 Å². The SMILES string of the molecule is BrC1Cc2cccnc2N1. The number of nitrogens with one attached hydrogen (secondary N) is 1. The molecule has 2 nitrogen and oxygen atoms in total. The maximum absolute atomic E-state index is 4.17. The topological polar surface area (TPSA) is 24.9 Å². The summed E-state index contributed by atoms with van der Waals surface area (Å²) in [5, 5.41) is 3.20. The minimum atomic E-state index is 0.373. The van der Waals surface area contributed by atoms with Crippen LogP contribution in [0.2, 0.25) is 0 Å². The summed E-state index contributed by atoms with van der Waals surface area (Å²) in [6, 6.07) is 4.06. The Kier molecular flexibility index (Phi) is 1.38. The summed E-state index contributed by atoms with van der Waals surface area (Å²) >= 11 is 3.47. The average molecular weight is 199 g/mol. The van der Waals surface area contributed by atoms with E-state index in [9.17, 15) is 0 Å². The molecule has 52 valence electrons. The summed E-state index contributed by atoms with van der Waals surface area (Å²) in [5.41, 5.74) is 1.30. The first kappa shape index (κ1) is 6.16. The Balaban J connectivity index is 2.42. The molecule has 0 saturated carbocycles. The molecule has 1 unspecified atom stereocenters. The van der Waals surface area contributed by atoms with E-state index >= 15 is 0 Å². The van der Waals surface area contributed by atoms with Gasteiger partial charge in [0, 0.05) is 12.6 Å². The summed E-state index contributed by atoms with van der Waals surface area (Å²) in [6.07, 6.45) is 2.83. The molecule has 1 aliphatic rings. The smallest absolute Gasteiger partial charge is 0.130 e. The zero-order valence-corrected chi connectivity index (χ0v) is 6.93. The zero-order valence-electron chi connectivity index (χ0n) is 5.34. The second kappa shape index (κ2) is 2.23. The van der Waals surface area contributed by atoms with Crippen molar-refractivity contribution >= 4 is 21.7 Å². The lowest BCUT2D eigenvalue weighted by Crippen LogP contribution is -2.04. The van der Waals surface area contributed by atoms with Crippen molar-refractivity contribution in [1.29, 1.82) is 0 Å². The molecule has 2 heterocycles. The fourth-order valence-corrected chi connectivity index (χ4v) is 1.69. The molecule has 1 aromatic rings. The summed E-state index contributed by atoms with van der Waals surface area (Å²) in [7, 11) is 0. The van der Waals surface area contributed by atoms with Crippen LogP contribution in [0.1, 0.15) is 5.56 Å². The Labute approximate surface area is 67.8 Å². The van der Waals surface area contributed by atoms with E-state index in [-0.39, 0.29) is 0 Å². The van der Waals surface area contributed by atoms with Gasteiger partial charge >= 0.3 is 0 Å². The Morgan fingerprint density at radius 2 is 2.60 bits per heavy atom. The van der Waals surface area contributed by atoms with E-state index in [1.807, 2.05) is 6.07 Å². The van der Waals surface area contributed by atoms with Crippen molar-refractivity contribution in [3.63, 3.8) is 0 Å². The minimum Gasteiger partial charge on any atom is -0.357 e.